The van der Waals surface area contributed by atoms with Crippen LogP contribution in [0.1, 0.15) is 38.7 Å². The lowest BCUT2D eigenvalue weighted by molar-refractivity contribution is -0.133. The van der Waals surface area contributed by atoms with Crippen molar-refractivity contribution < 1.29 is 4.79 Å². The van der Waals surface area contributed by atoms with Crippen LogP contribution in [0.2, 0.25) is 0 Å². The highest BCUT2D eigenvalue weighted by molar-refractivity contribution is 5.76. The van der Waals surface area contributed by atoms with Crippen LogP contribution >= 0.6 is 0 Å². The van der Waals surface area contributed by atoms with E-state index in [4.69, 9.17) is 0 Å². The lowest BCUT2D eigenvalue weighted by atomic mass is 9.84. The number of rotatable bonds is 6. The van der Waals surface area contributed by atoms with Gasteiger partial charge >= 0.3 is 0 Å². The summed E-state index contributed by atoms with van der Waals surface area (Å²) in [7, 11) is 1.90. The molecule has 1 fully saturated rings. The molecule has 1 atom stereocenters. The van der Waals surface area contributed by atoms with Crippen molar-refractivity contribution in [3.05, 3.63) is 18.0 Å². The molecule has 1 aliphatic heterocycles. The van der Waals surface area contributed by atoms with E-state index in [-0.39, 0.29) is 5.91 Å². The van der Waals surface area contributed by atoms with Crippen LogP contribution in [-0.2, 0) is 18.4 Å². The van der Waals surface area contributed by atoms with Crippen molar-refractivity contribution >= 4 is 5.91 Å². The molecule has 0 radical (unpaired) electrons. The van der Waals surface area contributed by atoms with E-state index in [9.17, 15) is 4.79 Å². The van der Waals surface area contributed by atoms with Gasteiger partial charge in [-0.3, -0.25) is 9.48 Å². The third-order valence-electron chi connectivity index (χ3n) is 4.55. The van der Waals surface area contributed by atoms with Crippen LogP contribution in [0.15, 0.2) is 12.4 Å². The number of aromatic nitrogens is 2. The molecule has 5 nitrogen and oxygen atoms in total. The predicted molar refractivity (Wildman–Crippen MR) is 83.7 cm³/mol. The topological polar surface area (TPSA) is 50.2 Å². The SMILES string of the molecule is CCN(Cc1cnn(C)c1)C(=O)CC(C)C1CCNCC1. The number of aryl methyl sites for hydroxylation is 1. The quantitative estimate of drug-likeness (QED) is 0.870. The summed E-state index contributed by atoms with van der Waals surface area (Å²) in [5.74, 6) is 1.43. The van der Waals surface area contributed by atoms with E-state index in [0.29, 0.717) is 24.8 Å². The molecule has 1 unspecified atom stereocenters. The molecule has 0 aliphatic carbocycles. The summed E-state index contributed by atoms with van der Waals surface area (Å²) in [6.45, 7) is 7.89. The molecule has 5 heteroatoms. The summed E-state index contributed by atoms with van der Waals surface area (Å²) in [5, 5.41) is 7.56. The second-order valence-corrected chi connectivity index (χ2v) is 6.20. The van der Waals surface area contributed by atoms with Gasteiger partial charge in [0.15, 0.2) is 0 Å². The van der Waals surface area contributed by atoms with Crippen molar-refractivity contribution in [2.75, 3.05) is 19.6 Å². The Labute approximate surface area is 127 Å². The molecular weight excluding hydrogens is 264 g/mol. The molecule has 1 amide bonds. The normalized spacial score (nSPS) is 17.7. The molecule has 1 aromatic rings. The number of amides is 1. The third kappa shape index (κ3) is 4.56. The molecular formula is C16H28N4O. The fourth-order valence-electron chi connectivity index (χ4n) is 3.13. The molecule has 0 saturated carbocycles. The Morgan fingerprint density at radius 2 is 2.24 bits per heavy atom. The molecule has 0 bridgehead atoms. The predicted octanol–water partition coefficient (Wildman–Crippen LogP) is 1.79. The van der Waals surface area contributed by atoms with Crippen molar-refractivity contribution in [2.45, 2.75) is 39.7 Å². The molecule has 1 aromatic heterocycles. The van der Waals surface area contributed by atoms with Gasteiger partial charge in [0.25, 0.3) is 0 Å². The maximum absolute atomic E-state index is 12.5. The molecule has 1 aliphatic rings. The van der Waals surface area contributed by atoms with Crippen molar-refractivity contribution in [3.63, 3.8) is 0 Å². The second kappa shape index (κ2) is 7.59. The van der Waals surface area contributed by atoms with E-state index in [0.717, 1.165) is 25.2 Å². The van der Waals surface area contributed by atoms with E-state index in [2.05, 4.69) is 17.3 Å². The number of hydrogen-bond donors (Lipinski definition) is 1. The van der Waals surface area contributed by atoms with Crippen molar-refractivity contribution in [1.82, 2.24) is 20.0 Å². The first kappa shape index (κ1) is 16.0. The molecule has 1 N–H and O–H groups in total. The summed E-state index contributed by atoms with van der Waals surface area (Å²) in [6.07, 6.45) is 6.88. The Kier molecular flexibility index (Phi) is 5.79. The molecule has 2 heterocycles. The molecule has 21 heavy (non-hydrogen) atoms. The van der Waals surface area contributed by atoms with Gasteiger partial charge in [0.05, 0.1) is 6.20 Å². The van der Waals surface area contributed by atoms with Crippen molar-refractivity contribution in [2.24, 2.45) is 18.9 Å². The summed E-state index contributed by atoms with van der Waals surface area (Å²) < 4.78 is 1.78. The van der Waals surface area contributed by atoms with Crippen LogP contribution in [0.25, 0.3) is 0 Å². The lowest BCUT2D eigenvalue weighted by Gasteiger charge is -2.29. The molecule has 118 valence electrons. The molecule has 0 aromatic carbocycles. The Hall–Kier alpha value is -1.36. The smallest absolute Gasteiger partial charge is 0.223 e. The van der Waals surface area contributed by atoms with Crippen molar-refractivity contribution in [3.8, 4) is 0 Å². The highest BCUT2D eigenvalue weighted by Crippen LogP contribution is 2.25. The van der Waals surface area contributed by atoms with Gasteiger partial charge in [0.1, 0.15) is 0 Å². The number of nitrogens with one attached hydrogen (secondary N) is 1. The average molecular weight is 292 g/mol. The van der Waals surface area contributed by atoms with Crippen LogP contribution < -0.4 is 5.32 Å². The van der Waals surface area contributed by atoms with E-state index in [1.54, 1.807) is 4.68 Å². The lowest BCUT2D eigenvalue weighted by Crippen LogP contribution is -2.35. The van der Waals surface area contributed by atoms with Crippen molar-refractivity contribution in [1.29, 1.82) is 0 Å². The van der Waals surface area contributed by atoms with Crippen LogP contribution in [0.3, 0.4) is 0 Å². The summed E-state index contributed by atoms with van der Waals surface area (Å²) in [5.41, 5.74) is 1.10. The minimum Gasteiger partial charge on any atom is -0.339 e. The first-order valence-corrected chi connectivity index (χ1v) is 8.06. The second-order valence-electron chi connectivity index (χ2n) is 6.20. The minimum atomic E-state index is 0.271. The van der Waals surface area contributed by atoms with Gasteiger partial charge in [-0.2, -0.15) is 5.10 Å². The monoisotopic (exact) mass is 292 g/mol. The van der Waals surface area contributed by atoms with Crippen LogP contribution in [0.4, 0.5) is 0 Å². The maximum atomic E-state index is 12.5. The first-order chi connectivity index (χ1) is 10.1. The summed E-state index contributed by atoms with van der Waals surface area (Å²) in [6, 6.07) is 0. The largest absolute Gasteiger partial charge is 0.339 e. The number of carbonyl (C=O) groups is 1. The van der Waals surface area contributed by atoms with Gasteiger partial charge in [-0.15, -0.1) is 0 Å². The fourth-order valence-corrected chi connectivity index (χ4v) is 3.13. The minimum absolute atomic E-state index is 0.271. The number of hydrogen-bond acceptors (Lipinski definition) is 3. The van der Waals surface area contributed by atoms with Gasteiger partial charge in [-0.25, -0.2) is 0 Å². The van der Waals surface area contributed by atoms with Gasteiger partial charge in [0.2, 0.25) is 5.91 Å². The summed E-state index contributed by atoms with van der Waals surface area (Å²) >= 11 is 0. The number of nitrogens with zero attached hydrogens (tertiary/aromatic N) is 3. The highest BCUT2D eigenvalue weighted by Gasteiger charge is 2.24. The zero-order valence-corrected chi connectivity index (χ0v) is 13.5. The molecule has 1 saturated heterocycles. The summed E-state index contributed by atoms with van der Waals surface area (Å²) in [4.78, 5) is 14.5. The van der Waals surface area contributed by atoms with Crippen LogP contribution in [0, 0.1) is 11.8 Å². The fraction of sp³-hybridized carbons (Fsp3) is 0.750. The van der Waals surface area contributed by atoms with Gasteiger partial charge in [-0.05, 0) is 44.7 Å². The first-order valence-electron chi connectivity index (χ1n) is 8.06. The third-order valence-corrected chi connectivity index (χ3v) is 4.55. The van der Waals surface area contributed by atoms with E-state index < -0.39 is 0 Å². The van der Waals surface area contributed by atoms with E-state index >= 15 is 0 Å². The zero-order chi connectivity index (χ0) is 15.2. The Morgan fingerprint density at radius 3 is 2.81 bits per heavy atom. The standard InChI is InChI=1S/C16H28N4O/c1-4-20(12-14-10-18-19(3)11-14)16(21)9-13(2)15-5-7-17-8-6-15/h10-11,13,15,17H,4-9,12H2,1-3H3. The van der Waals surface area contributed by atoms with Crippen LogP contribution in [0.5, 0.6) is 0 Å². The maximum Gasteiger partial charge on any atom is 0.223 e. The van der Waals surface area contributed by atoms with Gasteiger partial charge in [0, 0.05) is 38.3 Å². The molecule has 2 rings (SSSR count). The Morgan fingerprint density at radius 1 is 1.52 bits per heavy atom. The van der Waals surface area contributed by atoms with E-state index in [1.165, 1.54) is 12.8 Å². The molecule has 0 spiro atoms. The number of carbonyl (C=O) groups excluding carboxylic acids is 1. The highest BCUT2D eigenvalue weighted by atomic mass is 16.2. The van der Waals surface area contributed by atoms with Crippen LogP contribution in [-0.4, -0.2) is 40.2 Å². The average Bonchev–Trinajstić information content (AvgIpc) is 2.90. The van der Waals surface area contributed by atoms with E-state index in [1.807, 2.05) is 31.3 Å². The van der Waals surface area contributed by atoms with Gasteiger partial charge in [-0.1, -0.05) is 6.92 Å². The zero-order valence-electron chi connectivity index (χ0n) is 13.5. The number of piperidine rings is 1. The van der Waals surface area contributed by atoms with Gasteiger partial charge < -0.3 is 10.2 Å². The Balaban J connectivity index is 1.87. The Bertz CT molecular complexity index is 451.